The maximum atomic E-state index is 12.6. The van der Waals surface area contributed by atoms with Gasteiger partial charge in [-0.2, -0.15) is 0 Å². The Morgan fingerprint density at radius 1 is 1.37 bits per heavy atom. The number of halogens is 2. The van der Waals surface area contributed by atoms with Gasteiger partial charge in [-0.25, -0.2) is 4.98 Å². The molecule has 0 unspecified atom stereocenters. The molecule has 1 aromatic heterocycles. The molecule has 144 valence electrons. The number of rotatable bonds is 5. The van der Waals surface area contributed by atoms with Gasteiger partial charge in [0, 0.05) is 30.0 Å². The van der Waals surface area contributed by atoms with Crippen molar-refractivity contribution in [2.75, 3.05) is 11.9 Å². The Hall–Kier alpha value is -1.63. The summed E-state index contributed by atoms with van der Waals surface area (Å²) in [4.78, 5) is 31.9. The van der Waals surface area contributed by atoms with Crippen LogP contribution in [0.1, 0.15) is 37.1 Å². The molecule has 1 aliphatic heterocycles. The van der Waals surface area contributed by atoms with Gasteiger partial charge in [-0.15, -0.1) is 11.3 Å². The topological polar surface area (TPSA) is 62.3 Å². The molecule has 2 heterocycles. The van der Waals surface area contributed by atoms with E-state index in [9.17, 15) is 9.59 Å². The summed E-state index contributed by atoms with van der Waals surface area (Å²) in [6, 6.07) is 5.10. The van der Waals surface area contributed by atoms with E-state index in [1.165, 1.54) is 11.3 Å². The second-order valence-electron chi connectivity index (χ2n) is 6.86. The van der Waals surface area contributed by atoms with Crippen LogP contribution in [0.5, 0.6) is 0 Å². The van der Waals surface area contributed by atoms with E-state index in [0.29, 0.717) is 34.6 Å². The van der Waals surface area contributed by atoms with Gasteiger partial charge >= 0.3 is 0 Å². The summed E-state index contributed by atoms with van der Waals surface area (Å²) < 4.78 is 0. The average Bonchev–Trinajstić information content (AvgIpc) is 3.27. The third-order valence-corrected chi connectivity index (χ3v) is 6.28. The second kappa shape index (κ2) is 8.59. The summed E-state index contributed by atoms with van der Waals surface area (Å²) in [7, 11) is 0. The number of benzene rings is 1. The summed E-state index contributed by atoms with van der Waals surface area (Å²) in [6.45, 7) is 4.33. The molecule has 1 saturated heterocycles. The number of amides is 2. The molecule has 1 aromatic carbocycles. The predicted octanol–water partition coefficient (Wildman–Crippen LogP) is 4.63. The van der Waals surface area contributed by atoms with Gasteiger partial charge in [0.05, 0.1) is 10.0 Å². The molecule has 27 heavy (non-hydrogen) atoms. The quantitative estimate of drug-likeness (QED) is 0.759. The Morgan fingerprint density at radius 3 is 2.89 bits per heavy atom. The number of nitrogens with zero attached hydrogens (tertiary/aromatic N) is 2. The number of nitrogens with one attached hydrogen (secondary N) is 1. The summed E-state index contributed by atoms with van der Waals surface area (Å²) in [5.41, 5.74) is 0.912. The number of carbonyl (C=O) groups excluding carboxylic acids is 2. The van der Waals surface area contributed by atoms with Crippen LogP contribution in [0.25, 0.3) is 0 Å². The van der Waals surface area contributed by atoms with Crippen molar-refractivity contribution in [2.45, 2.75) is 39.2 Å². The molecule has 0 bridgehead atoms. The maximum Gasteiger partial charge on any atom is 0.248 e. The molecule has 2 aromatic rings. The van der Waals surface area contributed by atoms with E-state index in [0.717, 1.165) is 16.9 Å². The Morgan fingerprint density at radius 2 is 2.15 bits per heavy atom. The molecule has 0 aliphatic carbocycles. The smallest absolute Gasteiger partial charge is 0.248 e. The zero-order valence-electron chi connectivity index (χ0n) is 15.2. The standard InChI is InChI=1S/C19H21Cl2N3O2S/c1-11(2)18(26)24-8-4-7-15(24)17(25)23-19-22-10-13(27-19)9-12-5-3-6-14(20)16(12)21/h3,5-6,10-11,15H,4,7-9H2,1-2H3,(H,22,23,25)/t15-/m1/s1. The van der Waals surface area contributed by atoms with Gasteiger partial charge in [-0.05, 0) is 24.5 Å². The van der Waals surface area contributed by atoms with Crippen LogP contribution in [0.3, 0.4) is 0 Å². The molecule has 2 amide bonds. The van der Waals surface area contributed by atoms with Gasteiger partial charge in [0.2, 0.25) is 11.8 Å². The highest BCUT2D eigenvalue weighted by atomic mass is 35.5. The minimum atomic E-state index is -0.422. The van der Waals surface area contributed by atoms with Gasteiger partial charge in [0.25, 0.3) is 0 Å². The number of aromatic nitrogens is 1. The molecule has 3 rings (SSSR count). The van der Waals surface area contributed by atoms with E-state index >= 15 is 0 Å². The second-order valence-corrected chi connectivity index (χ2v) is 8.76. The van der Waals surface area contributed by atoms with Crippen molar-refractivity contribution >= 4 is 51.5 Å². The molecule has 0 saturated carbocycles. The molecule has 1 aliphatic rings. The van der Waals surface area contributed by atoms with Crippen LogP contribution in [0.15, 0.2) is 24.4 Å². The fourth-order valence-electron chi connectivity index (χ4n) is 3.14. The highest BCUT2D eigenvalue weighted by molar-refractivity contribution is 7.15. The predicted molar refractivity (Wildman–Crippen MR) is 110 cm³/mol. The number of thiazole rings is 1. The fraction of sp³-hybridized carbons (Fsp3) is 0.421. The Labute approximate surface area is 172 Å². The highest BCUT2D eigenvalue weighted by Gasteiger charge is 2.35. The van der Waals surface area contributed by atoms with E-state index in [1.54, 1.807) is 17.2 Å². The van der Waals surface area contributed by atoms with Gasteiger partial charge in [-0.3, -0.25) is 9.59 Å². The van der Waals surface area contributed by atoms with Gasteiger partial charge < -0.3 is 10.2 Å². The molecule has 8 heteroatoms. The highest BCUT2D eigenvalue weighted by Crippen LogP contribution is 2.30. The van der Waals surface area contributed by atoms with E-state index in [2.05, 4.69) is 10.3 Å². The van der Waals surface area contributed by atoms with Crippen molar-refractivity contribution in [2.24, 2.45) is 5.92 Å². The van der Waals surface area contributed by atoms with E-state index in [4.69, 9.17) is 23.2 Å². The van der Waals surface area contributed by atoms with Crippen molar-refractivity contribution in [3.05, 3.63) is 44.9 Å². The van der Waals surface area contributed by atoms with Crippen molar-refractivity contribution in [3.63, 3.8) is 0 Å². The summed E-state index contributed by atoms with van der Waals surface area (Å²) in [5, 5.41) is 4.43. The van der Waals surface area contributed by atoms with Gasteiger partial charge in [0.1, 0.15) is 6.04 Å². The van der Waals surface area contributed by atoms with Crippen LogP contribution in [0, 0.1) is 5.92 Å². The zero-order valence-corrected chi connectivity index (χ0v) is 17.5. The minimum Gasteiger partial charge on any atom is -0.330 e. The first kappa shape index (κ1) is 20.1. The largest absolute Gasteiger partial charge is 0.330 e. The van der Waals surface area contributed by atoms with Gasteiger partial charge in [-0.1, -0.05) is 49.2 Å². The van der Waals surface area contributed by atoms with Crippen molar-refractivity contribution in [1.29, 1.82) is 0 Å². The Kier molecular flexibility index (Phi) is 6.40. The van der Waals surface area contributed by atoms with E-state index in [-0.39, 0.29) is 17.7 Å². The fourth-order valence-corrected chi connectivity index (χ4v) is 4.37. The summed E-state index contributed by atoms with van der Waals surface area (Å²) >= 11 is 13.7. The molecule has 0 spiro atoms. The van der Waals surface area contributed by atoms with Crippen LogP contribution in [0.4, 0.5) is 5.13 Å². The molecule has 0 radical (unpaired) electrons. The monoisotopic (exact) mass is 425 g/mol. The van der Waals surface area contributed by atoms with Crippen LogP contribution in [0.2, 0.25) is 10.0 Å². The molecule has 1 fully saturated rings. The van der Waals surface area contributed by atoms with Crippen molar-refractivity contribution in [1.82, 2.24) is 9.88 Å². The molecular formula is C19H21Cl2N3O2S. The lowest BCUT2D eigenvalue weighted by Crippen LogP contribution is -2.44. The number of likely N-dealkylation sites (tertiary alicyclic amines) is 1. The summed E-state index contributed by atoms with van der Waals surface area (Å²) in [5.74, 6) is -0.279. The average molecular weight is 426 g/mol. The molecule has 1 N–H and O–H groups in total. The maximum absolute atomic E-state index is 12.6. The number of hydrogen-bond acceptors (Lipinski definition) is 4. The first-order valence-corrected chi connectivity index (χ1v) is 10.4. The Balaban J connectivity index is 1.66. The first-order valence-electron chi connectivity index (χ1n) is 8.85. The number of anilines is 1. The first-order chi connectivity index (χ1) is 12.9. The molecule has 5 nitrogen and oxygen atoms in total. The SMILES string of the molecule is CC(C)C(=O)N1CCC[C@@H]1C(=O)Nc1ncc(Cc2cccc(Cl)c2Cl)s1. The van der Waals surface area contributed by atoms with Crippen LogP contribution in [-0.4, -0.2) is 34.3 Å². The number of carbonyl (C=O) groups is 2. The minimum absolute atomic E-state index is 0.0167. The normalized spacial score (nSPS) is 16.8. The van der Waals surface area contributed by atoms with E-state index in [1.807, 2.05) is 26.0 Å². The molecular weight excluding hydrogens is 405 g/mol. The lowest BCUT2D eigenvalue weighted by molar-refractivity contribution is -0.139. The lowest BCUT2D eigenvalue weighted by atomic mass is 10.1. The zero-order chi connectivity index (χ0) is 19.6. The van der Waals surface area contributed by atoms with E-state index < -0.39 is 6.04 Å². The third-order valence-electron chi connectivity index (χ3n) is 4.51. The van der Waals surface area contributed by atoms with Crippen LogP contribution >= 0.6 is 34.5 Å². The van der Waals surface area contributed by atoms with Crippen LogP contribution in [-0.2, 0) is 16.0 Å². The molecule has 1 atom stereocenters. The van der Waals surface area contributed by atoms with Gasteiger partial charge in [0.15, 0.2) is 5.13 Å². The van der Waals surface area contributed by atoms with Crippen molar-refractivity contribution < 1.29 is 9.59 Å². The third kappa shape index (κ3) is 4.62. The van der Waals surface area contributed by atoms with Crippen molar-refractivity contribution in [3.8, 4) is 0 Å². The van der Waals surface area contributed by atoms with Crippen LogP contribution < -0.4 is 5.32 Å². The lowest BCUT2D eigenvalue weighted by Gasteiger charge is -2.25. The number of hydrogen-bond donors (Lipinski definition) is 1. The summed E-state index contributed by atoms with van der Waals surface area (Å²) in [6.07, 6.45) is 3.84. The Bertz CT molecular complexity index is 853.